The first-order valence-electron chi connectivity index (χ1n) is 7.82. The van der Waals surface area contributed by atoms with Crippen molar-refractivity contribution in [2.75, 3.05) is 6.54 Å². The van der Waals surface area contributed by atoms with Gasteiger partial charge in [0.2, 0.25) is 5.91 Å². The predicted octanol–water partition coefficient (Wildman–Crippen LogP) is 3.07. The van der Waals surface area contributed by atoms with Crippen LogP contribution < -0.4 is 5.73 Å². The molecule has 0 radical (unpaired) electrons. The topological polar surface area (TPSA) is 46.3 Å². The summed E-state index contributed by atoms with van der Waals surface area (Å²) in [6, 6.07) is 8.16. The van der Waals surface area contributed by atoms with E-state index in [0.29, 0.717) is 19.0 Å². The minimum absolute atomic E-state index is 0.244. The summed E-state index contributed by atoms with van der Waals surface area (Å²) < 4.78 is 0. The Bertz CT molecular complexity index is 438. The van der Waals surface area contributed by atoms with Gasteiger partial charge in [-0.3, -0.25) is 4.79 Å². The molecule has 0 spiro atoms. The number of hydrogen-bond acceptors (Lipinski definition) is 2. The fourth-order valence-electron chi connectivity index (χ4n) is 3.07. The molecule has 1 amide bonds. The molecule has 2 rings (SSSR count). The molecule has 0 heterocycles. The zero-order chi connectivity index (χ0) is 14.4. The average molecular weight is 274 g/mol. The van der Waals surface area contributed by atoms with Crippen molar-refractivity contribution in [2.24, 2.45) is 11.7 Å². The fourth-order valence-corrected chi connectivity index (χ4v) is 3.07. The summed E-state index contributed by atoms with van der Waals surface area (Å²) in [5, 5.41) is 0. The number of nitrogens with zero attached hydrogens (tertiary/aromatic N) is 1. The standard InChI is InChI=1S/C17H26N2O/c1-2-19(17(20)14-8-4-3-5-9-14)13-16-11-7-6-10-15(16)12-18/h6-7,10-11,14H,2-5,8-9,12-13,18H2,1H3. The number of carbonyl (C=O) groups is 1. The maximum absolute atomic E-state index is 12.6. The highest BCUT2D eigenvalue weighted by molar-refractivity contribution is 5.78. The van der Waals surface area contributed by atoms with Crippen LogP contribution in [0.25, 0.3) is 0 Å². The molecule has 20 heavy (non-hydrogen) atoms. The molecule has 1 aromatic rings. The Kier molecular flexibility index (Phi) is 5.60. The summed E-state index contributed by atoms with van der Waals surface area (Å²) in [5.41, 5.74) is 8.11. The monoisotopic (exact) mass is 274 g/mol. The summed E-state index contributed by atoms with van der Waals surface area (Å²) in [5.74, 6) is 0.577. The second-order valence-corrected chi connectivity index (χ2v) is 5.66. The maximum atomic E-state index is 12.6. The van der Waals surface area contributed by atoms with Crippen molar-refractivity contribution >= 4 is 5.91 Å². The Morgan fingerprint density at radius 2 is 1.85 bits per heavy atom. The first-order chi connectivity index (χ1) is 9.76. The van der Waals surface area contributed by atoms with Crippen LogP contribution in [0, 0.1) is 5.92 Å². The Hall–Kier alpha value is -1.35. The first kappa shape index (κ1) is 15.0. The highest BCUT2D eigenvalue weighted by Crippen LogP contribution is 2.26. The SMILES string of the molecule is CCN(Cc1ccccc1CN)C(=O)C1CCCCC1. The molecule has 2 N–H and O–H groups in total. The Labute approximate surface area is 122 Å². The summed E-state index contributed by atoms with van der Waals surface area (Å²) >= 11 is 0. The van der Waals surface area contributed by atoms with Gasteiger partial charge >= 0.3 is 0 Å². The number of rotatable bonds is 5. The van der Waals surface area contributed by atoms with Gasteiger partial charge in [0.1, 0.15) is 0 Å². The lowest BCUT2D eigenvalue weighted by atomic mass is 9.88. The molecule has 0 atom stereocenters. The van der Waals surface area contributed by atoms with Crippen LogP contribution in [-0.4, -0.2) is 17.4 Å². The van der Waals surface area contributed by atoms with E-state index in [-0.39, 0.29) is 5.92 Å². The predicted molar refractivity (Wildman–Crippen MR) is 82.0 cm³/mol. The number of hydrogen-bond donors (Lipinski definition) is 1. The van der Waals surface area contributed by atoms with Gasteiger partial charge in [-0.2, -0.15) is 0 Å². The van der Waals surface area contributed by atoms with Crippen molar-refractivity contribution in [3.63, 3.8) is 0 Å². The third-order valence-electron chi connectivity index (χ3n) is 4.35. The van der Waals surface area contributed by atoms with Gasteiger partial charge in [0.15, 0.2) is 0 Å². The third kappa shape index (κ3) is 3.60. The van der Waals surface area contributed by atoms with Crippen LogP contribution >= 0.6 is 0 Å². The van der Waals surface area contributed by atoms with Crippen LogP contribution in [0.3, 0.4) is 0 Å². The van der Waals surface area contributed by atoms with Crippen molar-refractivity contribution in [1.82, 2.24) is 4.90 Å². The molecule has 3 heteroatoms. The van der Waals surface area contributed by atoms with Gasteiger partial charge < -0.3 is 10.6 Å². The van der Waals surface area contributed by atoms with E-state index in [1.807, 2.05) is 23.1 Å². The quantitative estimate of drug-likeness (QED) is 0.897. The van der Waals surface area contributed by atoms with E-state index in [2.05, 4.69) is 13.0 Å². The Morgan fingerprint density at radius 1 is 1.20 bits per heavy atom. The molecule has 1 aromatic carbocycles. The molecular weight excluding hydrogens is 248 g/mol. The average Bonchev–Trinajstić information content (AvgIpc) is 2.53. The van der Waals surface area contributed by atoms with Crippen LogP contribution in [0.4, 0.5) is 0 Å². The fraction of sp³-hybridized carbons (Fsp3) is 0.588. The van der Waals surface area contributed by atoms with Crippen molar-refractivity contribution in [2.45, 2.75) is 52.1 Å². The lowest BCUT2D eigenvalue weighted by molar-refractivity contribution is -0.137. The zero-order valence-corrected chi connectivity index (χ0v) is 12.5. The maximum Gasteiger partial charge on any atom is 0.225 e. The normalized spacial score (nSPS) is 16.1. The number of amides is 1. The highest BCUT2D eigenvalue weighted by Gasteiger charge is 2.25. The molecule has 3 nitrogen and oxygen atoms in total. The van der Waals surface area contributed by atoms with Crippen LogP contribution in [0.5, 0.6) is 0 Å². The van der Waals surface area contributed by atoms with Gasteiger partial charge in [-0.15, -0.1) is 0 Å². The second kappa shape index (κ2) is 7.44. The molecule has 0 aromatic heterocycles. The summed E-state index contributed by atoms with van der Waals surface area (Å²) in [4.78, 5) is 14.6. The lowest BCUT2D eigenvalue weighted by Gasteiger charge is -2.29. The zero-order valence-electron chi connectivity index (χ0n) is 12.5. The van der Waals surface area contributed by atoms with E-state index < -0.39 is 0 Å². The lowest BCUT2D eigenvalue weighted by Crippen LogP contribution is -2.36. The first-order valence-corrected chi connectivity index (χ1v) is 7.82. The van der Waals surface area contributed by atoms with E-state index in [1.165, 1.54) is 24.8 Å². The van der Waals surface area contributed by atoms with Crippen molar-refractivity contribution in [3.8, 4) is 0 Å². The van der Waals surface area contributed by atoms with E-state index >= 15 is 0 Å². The van der Waals surface area contributed by atoms with Crippen molar-refractivity contribution in [3.05, 3.63) is 35.4 Å². The minimum Gasteiger partial charge on any atom is -0.338 e. The summed E-state index contributed by atoms with van der Waals surface area (Å²) in [6.07, 6.45) is 5.81. The summed E-state index contributed by atoms with van der Waals surface area (Å²) in [7, 11) is 0. The van der Waals surface area contributed by atoms with Gasteiger partial charge in [-0.25, -0.2) is 0 Å². The Morgan fingerprint density at radius 3 is 2.45 bits per heavy atom. The largest absolute Gasteiger partial charge is 0.338 e. The van der Waals surface area contributed by atoms with Gasteiger partial charge in [-0.1, -0.05) is 43.5 Å². The number of benzene rings is 1. The van der Waals surface area contributed by atoms with E-state index in [4.69, 9.17) is 5.73 Å². The van der Waals surface area contributed by atoms with Crippen molar-refractivity contribution < 1.29 is 4.79 Å². The van der Waals surface area contributed by atoms with E-state index in [1.54, 1.807) is 0 Å². The minimum atomic E-state index is 0.244. The molecule has 0 bridgehead atoms. The van der Waals surface area contributed by atoms with Gasteiger partial charge in [0.25, 0.3) is 0 Å². The van der Waals surface area contributed by atoms with Gasteiger partial charge in [-0.05, 0) is 30.9 Å². The van der Waals surface area contributed by atoms with Crippen LogP contribution in [0.1, 0.15) is 50.2 Å². The summed E-state index contributed by atoms with van der Waals surface area (Å²) in [6.45, 7) is 4.06. The molecule has 110 valence electrons. The highest BCUT2D eigenvalue weighted by atomic mass is 16.2. The smallest absolute Gasteiger partial charge is 0.225 e. The third-order valence-corrected chi connectivity index (χ3v) is 4.35. The molecule has 0 unspecified atom stereocenters. The molecule has 0 saturated heterocycles. The molecular formula is C17H26N2O. The molecule has 1 aliphatic rings. The molecule has 0 aliphatic heterocycles. The van der Waals surface area contributed by atoms with Crippen molar-refractivity contribution in [1.29, 1.82) is 0 Å². The molecule has 1 aliphatic carbocycles. The number of carbonyl (C=O) groups excluding carboxylic acids is 1. The molecule has 1 fully saturated rings. The van der Waals surface area contributed by atoms with E-state index in [9.17, 15) is 4.79 Å². The number of nitrogens with two attached hydrogens (primary N) is 1. The van der Waals surface area contributed by atoms with Crippen LogP contribution in [0.15, 0.2) is 24.3 Å². The Balaban J connectivity index is 2.06. The second-order valence-electron chi connectivity index (χ2n) is 5.66. The van der Waals surface area contributed by atoms with Gasteiger partial charge in [0.05, 0.1) is 0 Å². The molecule has 1 saturated carbocycles. The van der Waals surface area contributed by atoms with Crippen LogP contribution in [0.2, 0.25) is 0 Å². The van der Waals surface area contributed by atoms with E-state index in [0.717, 1.165) is 24.9 Å². The van der Waals surface area contributed by atoms with Crippen LogP contribution in [-0.2, 0) is 17.9 Å². The van der Waals surface area contributed by atoms with Gasteiger partial charge in [0, 0.05) is 25.6 Å².